The number of hydrogen-bond acceptors (Lipinski definition) is 1. The molecule has 0 fully saturated rings. The van der Waals surface area contributed by atoms with Crippen LogP contribution in [0.5, 0.6) is 0 Å². The van der Waals surface area contributed by atoms with Gasteiger partial charge in [0.1, 0.15) is 0 Å². The van der Waals surface area contributed by atoms with Crippen molar-refractivity contribution < 1.29 is 13.2 Å². The fourth-order valence-corrected chi connectivity index (χ4v) is 1.34. The molecule has 88 valence electrons. The Morgan fingerprint density at radius 2 is 1.81 bits per heavy atom. The second-order valence-corrected chi connectivity index (χ2v) is 3.54. The van der Waals surface area contributed by atoms with E-state index < -0.39 is 11.7 Å². The highest BCUT2D eigenvalue weighted by molar-refractivity contribution is 5.63. The van der Waals surface area contributed by atoms with E-state index in [1.54, 1.807) is 0 Å². The highest BCUT2D eigenvalue weighted by Gasteiger charge is 2.29. The van der Waals surface area contributed by atoms with Crippen LogP contribution in [0.3, 0.4) is 0 Å². The van der Waals surface area contributed by atoms with E-state index in [1.807, 2.05) is 13.0 Å². The molecule has 0 amide bonds. The van der Waals surface area contributed by atoms with Crippen LogP contribution in [0.1, 0.15) is 24.5 Å². The van der Waals surface area contributed by atoms with Gasteiger partial charge in [-0.15, -0.1) is 0 Å². The van der Waals surface area contributed by atoms with Crippen LogP contribution in [0.15, 0.2) is 30.3 Å². The second-order valence-electron chi connectivity index (χ2n) is 3.54. The van der Waals surface area contributed by atoms with Crippen molar-refractivity contribution in [2.24, 2.45) is 5.73 Å². The van der Waals surface area contributed by atoms with Gasteiger partial charge in [0.25, 0.3) is 0 Å². The number of allylic oxidation sites excluding steroid dienone is 1. The Hall–Kier alpha value is -1.29. The van der Waals surface area contributed by atoms with Crippen molar-refractivity contribution in [2.45, 2.75) is 19.5 Å². The van der Waals surface area contributed by atoms with Gasteiger partial charge in [-0.2, -0.15) is 13.2 Å². The predicted octanol–water partition coefficient (Wildman–Crippen LogP) is 3.46. The lowest BCUT2D eigenvalue weighted by atomic mass is 10.0. The standard InChI is InChI=1S/C12H14F3N/c1-9(3-2-8-16)10-4-6-11(7-5-10)12(13,14)15/h3-7H,2,8,16H2,1H3/b9-3+. The van der Waals surface area contributed by atoms with Crippen molar-refractivity contribution in [2.75, 3.05) is 6.54 Å². The van der Waals surface area contributed by atoms with E-state index in [0.29, 0.717) is 6.54 Å². The lowest BCUT2D eigenvalue weighted by molar-refractivity contribution is -0.137. The largest absolute Gasteiger partial charge is 0.416 e. The molecule has 1 aromatic rings. The summed E-state index contributed by atoms with van der Waals surface area (Å²) < 4.78 is 36.9. The monoisotopic (exact) mass is 229 g/mol. The van der Waals surface area contributed by atoms with Gasteiger partial charge in [-0.3, -0.25) is 0 Å². The lowest BCUT2D eigenvalue weighted by Crippen LogP contribution is -2.04. The number of benzene rings is 1. The van der Waals surface area contributed by atoms with Crippen LogP contribution in [0.4, 0.5) is 13.2 Å². The average molecular weight is 229 g/mol. The van der Waals surface area contributed by atoms with E-state index in [0.717, 1.165) is 29.7 Å². The summed E-state index contributed by atoms with van der Waals surface area (Å²) >= 11 is 0. The summed E-state index contributed by atoms with van der Waals surface area (Å²) in [7, 11) is 0. The van der Waals surface area contributed by atoms with Crippen molar-refractivity contribution in [3.8, 4) is 0 Å². The highest BCUT2D eigenvalue weighted by atomic mass is 19.4. The normalized spacial score (nSPS) is 12.9. The minimum atomic E-state index is -4.27. The first-order valence-corrected chi connectivity index (χ1v) is 4.99. The predicted molar refractivity (Wildman–Crippen MR) is 58.8 cm³/mol. The van der Waals surface area contributed by atoms with E-state index in [9.17, 15) is 13.2 Å². The Morgan fingerprint density at radius 3 is 2.25 bits per heavy atom. The van der Waals surface area contributed by atoms with Gasteiger partial charge in [-0.05, 0) is 43.2 Å². The minimum absolute atomic E-state index is 0.540. The van der Waals surface area contributed by atoms with Crippen LogP contribution in [0.25, 0.3) is 5.57 Å². The van der Waals surface area contributed by atoms with E-state index in [4.69, 9.17) is 5.73 Å². The molecule has 0 aliphatic heterocycles. The average Bonchev–Trinajstić information content (AvgIpc) is 2.25. The molecule has 0 aromatic heterocycles. The maximum Gasteiger partial charge on any atom is 0.416 e. The maximum atomic E-state index is 12.3. The molecule has 1 nitrogen and oxygen atoms in total. The molecule has 0 radical (unpaired) electrons. The zero-order valence-corrected chi connectivity index (χ0v) is 9.01. The molecule has 2 N–H and O–H groups in total. The van der Waals surface area contributed by atoms with E-state index >= 15 is 0 Å². The first kappa shape index (κ1) is 12.8. The number of nitrogens with two attached hydrogens (primary N) is 1. The third-order valence-corrected chi connectivity index (χ3v) is 2.28. The smallest absolute Gasteiger partial charge is 0.330 e. The van der Waals surface area contributed by atoms with Crippen molar-refractivity contribution in [3.63, 3.8) is 0 Å². The molecule has 1 aromatic carbocycles. The lowest BCUT2D eigenvalue weighted by Gasteiger charge is -2.07. The molecule has 0 atom stereocenters. The molecule has 0 saturated heterocycles. The molecule has 4 heteroatoms. The summed E-state index contributed by atoms with van der Waals surface area (Å²) in [6, 6.07) is 5.14. The van der Waals surface area contributed by atoms with Crippen LogP contribution in [-0.2, 0) is 6.18 Å². The summed E-state index contributed by atoms with van der Waals surface area (Å²) in [5, 5.41) is 0. The third kappa shape index (κ3) is 3.38. The van der Waals surface area contributed by atoms with Gasteiger partial charge in [0.15, 0.2) is 0 Å². The van der Waals surface area contributed by atoms with Gasteiger partial charge >= 0.3 is 6.18 Å². The van der Waals surface area contributed by atoms with Crippen LogP contribution >= 0.6 is 0 Å². The van der Waals surface area contributed by atoms with Gasteiger partial charge in [-0.1, -0.05) is 18.2 Å². The molecule has 0 aliphatic carbocycles. The molecule has 0 bridgehead atoms. The van der Waals surface area contributed by atoms with E-state index in [1.165, 1.54) is 12.1 Å². The van der Waals surface area contributed by atoms with Crippen LogP contribution in [-0.4, -0.2) is 6.54 Å². The first-order valence-electron chi connectivity index (χ1n) is 4.99. The first-order chi connectivity index (χ1) is 7.45. The van der Waals surface area contributed by atoms with E-state index in [-0.39, 0.29) is 0 Å². The second kappa shape index (κ2) is 5.16. The Kier molecular flexibility index (Phi) is 4.12. The number of alkyl halides is 3. The van der Waals surface area contributed by atoms with Crippen LogP contribution < -0.4 is 5.73 Å². The van der Waals surface area contributed by atoms with Gasteiger partial charge in [-0.25, -0.2) is 0 Å². The van der Waals surface area contributed by atoms with Crippen molar-refractivity contribution in [1.29, 1.82) is 0 Å². The number of halogens is 3. The van der Waals surface area contributed by atoms with Gasteiger partial charge in [0.2, 0.25) is 0 Å². The zero-order valence-electron chi connectivity index (χ0n) is 9.01. The van der Waals surface area contributed by atoms with Crippen LogP contribution in [0, 0.1) is 0 Å². The molecule has 0 unspecified atom stereocenters. The summed E-state index contributed by atoms with van der Waals surface area (Å²) in [6.45, 7) is 2.40. The Labute approximate surface area is 92.8 Å². The minimum Gasteiger partial charge on any atom is -0.330 e. The van der Waals surface area contributed by atoms with Crippen molar-refractivity contribution in [1.82, 2.24) is 0 Å². The molecule has 0 saturated carbocycles. The molecular weight excluding hydrogens is 215 g/mol. The van der Waals surface area contributed by atoms with Gasteiger partial charge in [0, 0.05) is 0 Å². The Balaban J connectivity index is 2.87. The molecule has 1 rings (SSSR count). The number of hydrogen-bond donors (Lipinski definition) is 1. The summed E-state index contributed by atoms with van der Waals surface area (Å²) in [5.74, 6) is 0. The molecule has 16 heavy (non-hydrogen) atoms. The zero-order chi connectivity index (χ0) is 12.2. The molecule has 0 aliphatic rings. The molecular formula is C12H14F3N. The Morgan fingerprint density at radius 1 is 1.25 bits per heavy atom. The van der Waals surface area contributed by atoms with Crippen molar-refractivity contribution >= 4 is 5.57 Å². The summed E-state index contributed by atoms with van der Waals surface area (Å²) in [5.41, 5.74) is 6.46. The fraction of sp³-hybridized carbons (Fsp3) is 0.333. The number of rotatable bonds is 3. The summed E-state index contributed by atoms with van der Waals surface area (Å²) in [6.07, 6.45) is -1.62. The third-order valence-electron chi connectivity index (χ3n) is 2.28. The quantitative estimate of drug-likeness (QED) is 0.843. The van der Waals surface area contributed by atoms with E-state index in [2.05, 4.69) is 0 Å². The van der Waals surface area contributed by atoms with Gasteiger partial charge < -0.3 is 5.73 Å². The SMILES string of the molecule is C/C(=C\CCN)c1ccc(C(F)(F)F)cc1. The summed E-state index contributed by atoms with van der Waals surface area (Å²) in [4.78, 5) is 0. The van der Waals surface area contributed by atoms with Crippen molar-refractivity contribution in [3.05, 3.63) is 41.5 Å². The topological polar surface area (TPSA) is 26.0 Å². The van der Waals surface area contributed by atoms with Crippen LogP contribution in [0.2, 0.25) is 0 Å². The fourth-order valence-electron chi connectivity index (χ4n) is 1.34. The Bertz CT molecular complexity index is 363. The van der Waals surface area contributed by atoms with Gasteiger partial charge in [0.05, 0.1) is 5.56 Å². The molecule has 0 spiro atoms. The highest BCUT2D eigenvalue weighted by Crippen LogP contribution is 2.29. The maximum absolute atomic E-state index is 12.3. The molecule has 0 heterocycles.